The molecule has 1 unspecified atom stereocenters. The van der Waals surface area contributed by atoms with Gasteiger partial charge in [0.05, 0.1) is 7.11 Å². The first kappa shape index (κ1) is 12.2. The van der Waals surface area contributed by atoms with Crippen LogP contribution in [-0.2, 0) is 23.1 Å². The summed E-state index contributed by atoms with van der Waals surface area (Å²) in [5, 5.41) is 3.96. The fourth-order valence-electron chi connectivity index (χ4n) is 0.581. The number of hydrogen-bond acceptors (Lipinski definition) is 6. The van der Waals surface area contributed by atoms with Crippen LogP contribution in [-0.4, -0.2) is 21.8 Å². The average Bonchev–Trinajstić information content (AvgIpc) is 2.42. The second-order valence-electron chi connectivity index (χ2n) is 2.09. The lowest BCUT2D eigenvalue weighted by atomic mass is 11.2. The fraction of sp³-hybridized carbons (Fsp3) is 0.500. The Labute approximate surface area is 93.8 Å². The van der Waals surface area contributed by atoms with E-state index in [9.17, 15) is 4.79 Å². The van der Waals surface area contributed by atoms with Gasteiger partial charge < -0.3 is 9.63 Å². The van der Waals surface area contributed by atoms with Gasteiger partial charge in [0, 0.05) is 0 Å². The highest BCUT2D eigenvalue weighted by atomic mass is 32.9. The molecule has 1 atom stereocenters. The summed E-state index contributed by atoms with van der Waals surface area (Å²) in [6, 6.07) is 0. The molecule has 0 aliphatic rings. The molecule has 1 rings (SSSR count). The van der Waals surface area contributed by atoms with E-state index in [1.807, 2.05) is 0 Å². The highest BCUT2D eigenvalue weighted by molar-refractivity contribution is 8.59. The maximum atomic E-state index is 11.1. The fourth-order valence-corrected chi connectivity index (χ4v) is 1.71. The molecule has 0 aromatic carbocycles. The summed E-state index contributed by atoms with van der Waals surface area (Å²) in [5.74, 6) is 0. The van der Waals surface area contributed by atoms with E-state index < -0.39 is 5.69 Å². The van der Waals surface area contributed by atoms with Crippen LogP contribution in [0.2, 0.25) is 0 Å². The zero-order valence-electron chi connectivity index (χ0n) is 6.98. The van der Waals surface area contributed by atoms with E-state index in [1.54, 1.807) is 0 Å². The zero-order chi connectivity index (χ0) is 10.8. The Morgan fingerprint density at radius 1 is 1.86 bits per heavy atom. The standard InChI is InChI=1S/C4H7N2O4PS3/c1-9-3-5-6(4(7)14-3)2-10-11(8,12)13/h2H2,1H3,(H2,8,12,13). The van der Waals surface area contributed by atoms with Crippen LogP contribution in [0.5, 0.6) is 5.19 Å². The summed E-state index contributed by atoms with van der Waals surface area (Å²) in [6.07, 6.45) is 0. The van der Waals surface area contributed by atoms with E-state index in [-0.39, 0.29) is 16.8 Å². The lowest BCUT2D eigenvalue weighted by Crippen LogP contribution is -2.15. The van der Waals surface area contributed by atoms with E-state index in [2.05, 4.69) is 29.2 Å². The van der Waals surface area contributed by atoms with Crippen molar-refractivity contribution in [2.75, 3.05) is 7.11 Å². The maximum Gasteiger partial charge on any atom is 0.330 e. The summed E-state index contributed by atoms with van der Waals surface area (Å²) in [4.78, 5) is 19.8. The van der Waals surface area contributed by atoms with E-state index in [4.69, 9.17) is 14.2 Å². The van der Waals surface area contributed by atoms with Crippen molar-refractivity contribution in [3.8, 4) is 5.19 Å². The summed E-state index contributed by atoms with van der Waals surface area (Å²) < 4.78 is 10.5. The third kappa shape index (κ3) is 3.68. The van der Waals surface area contributed by atoms with Crippen LogP contribution in [0.15, 0.2) is 4.79 Å². The molecule has 0 aliphatic heterocycles. The maximum absolute atomic E-state index is 11.1. The molecule has 0 radical (unpaired) electrons. The van der Waals surface area contributed by atoms with Crippen molar-refractivity contribution in [2.45, 2.75) is 6.73 Å². The summed E-state index contributed by atoms with van der Waals surface area (Å²) in [5.41, 5.74) is -3.06. The molecule has 0 spiro atoms. The molecule has 80 valence electrons. The highest BCUT2D eigenvalue weighted by Gasteiger charge is 2.10. The van der Waals surface area contributed by atoms with Crippen LogP contribution in [0, 0.1) is 0 Å². The Kier molecular flexibility index (Phi) is 4.11. The molecule has 0 fully saturated rings. The predicted molar refractivity (Wildman–Crippen MR) is 59.5 cm³/mol. The number of hydrogen-bond donors (Lipinski definition) is 2. The van der Waals surface area contributed by atoms with Crippen molar-refractivity contribution in [1.82, 2.24) is 9.78 Å². The molecule has 6 nitrogen and oxygen atoms in total. The predicted octanol–water partition coefficient (Wildman–Crippen LogP) is 0.434. The van der Waals surface area contributed by atoms with E-state index in [0.717, 1.165) is 16.0 Å². The molecule has 14 heavy (non-hydrogen) atoms. The van der Waals surface area contributed by atoms with Crippen molar-refractivity contribution in [2.24, 2.45) is 0 Å². The first-order valence-electron chi connectivity index (χ1n) is 3.24. The molecule has 0 aliphatic carbocycles. The van der Waals surface area contributed by atoms with Gasteiger partial charge in [-0.3, -0.25) is 9.32 Å². The van der Waals surface area contributed by atoms with Gasteiger partial charge in [0.25, 0.3) is 5.19 Å². The summed E-state index contributed by atoms with van der Waals surface area (Å²) >= 11 is 8.97. The van der Waals surface area contributed by atoms with Crippen LogP contribution >= 0.6 is 29.3 Å². The SMILES string of the molecule is COc1nn(COP(O)(=S)S)c(=O)s1. The third-order valence-corrected chi connectivity index (χ3v) is 3.03. The van der Waals surface area contributed by atoms with Crippen LogP contribution in [0.25, 0.3) is 0 Å². The molecular formula is C4H7N2O4PS3. The Hall–Kier alpha value is 0.0800. The monoisotopic (exact) mass is 274 g/mol. The van der Waals surface area contributed by atoms with E-state index in [1.165, 1.54) is 7.11 Å². The number of ether oxygens (including phenoxy) is 1. The minimum Gasteiger partial charge on any atom is -0.472 e. The van der Waals surface area contributed by atoms with Gasteiger partial charge in [-0.2, -0.15) is 4.68 Å². The average molecular weight is 274 g/mol. The van der Waals surface area contributed by atoms with Crippen molar-refractivity contribution in [3.05, 3.63) is 9.67 Å². The van der Waals surface area contributed by atoms with E-state index in [0.29, 0.717) is 0 Å². The topological polar surface area (TPSA) is 73.6 Å². The number of thiol groups is 1. The summed E-state index contributed by atoms with van der Waals surface area (Å²) in [6.45, 7) is -0.226. The minimum atomic E-state index is -3.06. The largest absolute Gasteiger partial charge is 0.472 e. The smallest absolute Gasteiger partial charge is 0.330 e. The molecule has 1 N–H and O–H groups in total. The van der Waals surface area contributed by atoms with Crippen LogP contribution in [0.4, 0.5) is 0 Å². The second-order valence-corrected chi connectivity index (χ2v) is 8.15. The van der Waals surface area contributed by atoms with Crippen molar-refractivity contribution in [3.63, 3.8) is 0 Å². The molecule has 1 aromatic heterocycles. The molecule has 1 heterocycles. The Balaban J connectivity index is 2.72. The number of aromatic nitrogens is 2. The number of nitrogens with zero attached hydrogens (tertiary/aromatic N) is 2. The zero-order valence-corrected chi connectivity index (χ0v) is 10.4. The molecule has 0 saturated heterocycles. The van der Waals surface area contributed by atoms with Gasteiger partial charge in [-0.15, -0.1) is 5.10 Å². The van der Waals surface area contributed by atoms with Crippen LogP contribution in [0.1, 0.15) is 0 Å². The third-order valence-electron chi connectivity index (χ3n) is 1.11. The highest BCUT2D eigenvalue weighted by Crippen LogP contribution is 2.47. The Bertz CT molecular complexity index is 409. The molecule has 0 bridgehead atoms. The van der Waals surface area contributed by atoms with Gasteiger partial charge in [-0.05, 0) is 23.1 Å². The number of rotatable bonds is 4. The molecule has 0 amide bonds. The Morgan fingerprint density at radius 2 is 2.50 bits per heavy atom. The normalized spacial score (nSPS) is 15.1. The molecule has 10 heteroatoms. The lowest BCUT2D eigenvalue weighted by Gasteiger charge is -2.07. The molecular weight excluding hydrogens is 267 g/mol. The van der Waals surface area contributed by atoms with E-state index >= 15 is 0 Å². The van der Waals surface area contributed by atoms with Crippen molar-refractivity contribution >= 4 is 41.1 Å². The van der Waals surface area contributed by atoms with Gasteiger partial charge in [0.2, 0.25) is 5.69 Å². The van der Waals surface area contributed by atoms with Gasteiger partial charge in [0.1, 0.15) is 0 Å². The lowest BCUT2D eigenvalue weighted by molar-refractivity contribution is 0.220. The Morgan fingerprint density at radius 3 is 2.93 bits per heavy atom. The van der Waals surface area contributed by atoms with Gasteiger partial charge in [-0.25, -0.2) is 0 Å². The van der Waals surface area contributed by atoms with Crippen LogP contribution < -0.4 is 9.61 Å². The van der Waals surface area contributed by atoms with Crippen LogP contribution in [0.3, 0.4) is 0 Å². The van der Waals surface area contributed by atoms with Gasteiger partial charge in [-0.1, -0.05) is 12.2 Å². The van der Waals surface area contributed by atoms with Gasteiger partial charge in [0.15, 0.2) is 6.73 Å². The van der Waals surface area contributed by atoms with Crippen molar-refractivity contribution in [1.29, 1.82) is 0 Å². The first-order chi connectivity index (χ1) is 6.42. The quantitative estimate of drug-likeness (QED) is 0.613. The van der Waals surface area contributed by atoms with Gasteiger partial charge >= 0.3 is 4.87 Å². The molecule has 0 saturated carbocycles. The molecule has 1 aromatic rings. The summed E-state index contributed by atoms with van der Waals surface area (Å²) in [7, 11) is 1.40. The minimum absolute atomic E-state index is 0.226. The number of methoxy groups -OCH3 is 1. The first-order valence-corrected chi connectivity index (χ1v) is 7.88. The second kappa shape index (κ2) is 4.73. The van der Waals surface area contributed by atoms with Crippen molar-refractivity contribution < 1.29 is 14.2 Å².